The van der Waals surface area contributed by atoms with Crippen molar-refractivity contribution in [2.75, 3.05) is 13.1 Å². The summed E-state index contributed by atoms with van der Waals surface area (Å²) in [5.74, 6) is -0.0907. The van der Waals surface area contributed by atoms with Gasteiger partial charge in [-0.3, -0.25) is 4.79 Å². The van der Waals surface area contributed by atoms with Crippen molar-refractivity contribution >= 4 is 15.9 Å². The fraction of sp³-hybridized carbons (Fsp3) is 0.350. The molecule has 0 aromatic heterocycles. The normalized spacial score (nSPS) is 15.5. The molecule has 1 fully saturated rings. The van der Waals surface area contributed by atoms with Crippen molar-refractivity contribution in [3.05, 3.63) is 65.7 Å². The molecule has 0 saturated carbocycles. The van der Waals surface area contributed by atoms with Crippen molar-refractivity contribution in [1.29, 1.82) is 0 Å². The van der Waals surface area contributed by atoms with Crippen LogP contribution in [0.15, 0.2) is 59.5 Å². The van der Waals surface area contributed by atoms with Gasteiger partial charge in [0.25, 0.3) is 5.91 Å². The van der Waals surface area contributed by atoms with Crippen LogP contribution in [0.1, 0.15) is 41.6 Å². The summed E-state index contributed by atoms with van der Waals surface area (Å²) in [4.78, 5) is 14.7. The van der Waals surface area contributed by atoms with Crippen molar-refractivity contribution in [3.8, 4) is 0 Å². The second-order valence-electron chi connectivity index (χ2n) is 6.54. The topological polar surface area (TPSA) is 66.5 Å². The van der Waals surface area contributed by atoms with E-state index in [1.165, 1.54) is 12.1 Å². The molecule has 0 radical (unpaired) electrons. The number of benzene rings is 2. The molecule has 0 spiro atoms. The van der Waals surface area contributed by atoms with Gasteiger partial charge in [-0.1, -0.05) is 49.2 Å². The molecule has 1 amide bonds. The standard InChI is InChI=1S/C20H24N2O3S/c23-20(22-13-6-1-2-7-14-22)18-11-8-12-19(15-18)26(24,25)21-16-17-9-4-3-5-10-17/h3-5,8-12,15,21H,1-2,6-7,13-14,16H2. The molecule has 1 saturated heterocycles. The van der Waals surface area contributed by atoms with Crippen molar-refractivity contribution in [2.24, 2.45) is 0 Å². The molecular formula is C20H24N2O3S. The Bertz CT molecular complexity index is 842. The van der Waals surface area contributed by atoms with Crippen LogP contribution in [0.5, 0.6) is 0 Å². The molecule has 1 heterocycles. The average Bonchev–Trinajstić information content (AvgIpc) is 2.96. The Morgan fingerprint density at radius 1 is 0.923 bits per heavy atom. The lowest BCUT2D eigenvalue weighted by Gasteiger charge is -2.20. The van der Waals surface area contributed by atoms with Gasteiger partial charge in [0.1, 0.15) is 0 Å². The fourth-order valence-electron chi connectivity index (χ4n) is 3.11. The number of hydrogen-bond donors (Lipinski definition) is 1. The number of hydrogen-bond acceptors (Lipinski definition) is 3. The molecule has 0 atom stereocenters. The Balaban J connectivity index is 1.74. The van der Waals surface area contributed by atoms with E-state index in [4.69, 9.17) is 0 Å². The van der Waals surface area contributed by atoms with Gasteiger partial charge in [0.15, 0.2) is 0 Å². The lowest BCUT2D eigenvalue weighted by Crippen LogP contribution is -2.32. The van der Waals surface area contributed by atoms with Gasteiger partial charge in [-0.15, -0.1) is 0 Å². The predicted molar refractivity (Wildman–Crippen MR) is 101 cm³/mol. The van der Waals surface area contributed by atoms with Gasteiger partial charge in [-0.25, -0.2) is 13.1 Å². The van der Waals surface area contributed by atoms with Crippen LogP contribution in [-0.4, -0.2) is 32.3 Å². The zero-order chi connectivity index (χ0) is 18.4. The van der Waals surface area contributed by atoms with Gasteiger partial charge in [0.05, 0.1) is 4.90 Å². The Morgan fingerprint density at radius 2 is 1.62 bits per heavy atom. The van der Waals surface area contributed by atoms with Crippen molar-refractivity contribution in [3.63, 3.8) is 0 Å². The number of carbonyl (C=O) groups excluding carboxylic acids is 1. The summed E-state index contributed by atoms with van der Waals surface area (Å²) >= 11 is 0. The van der Waals surface area contributed by atoms with Gasteiger partial charge in [0.2, 0.25) is 10.0 Å². The zero-order valence-corrected chi connectivity index (χ0v) is 15.5. The lowest BCUT2D eigenvalue weighted by atomic mass is 10.2. The maximum Gasteiger partial charge on any atom is 0.253 e. The van der Waals surface area contributed by atoms with Crippen LogP contribution < -0.4 is 4.72 Å². The highest BCUT2D eigenvalue weighted by molar-refractivity contribution is 7.89. The Hall–Kier alpha value is -2.18. The molecule has 1 N–H and O–H groups in total. The summed E-state index contributed by atoms with van der Waals surface area (Å²) in [6, 6.07) is 15.6. The predicted octanol–water partition coefficient (Wildman–Crippen LogP) is 3.18. The number of likely N-dealkylation sites (tertiary alicyclic amines) is 1. The van der Waals surface area contributed by atoms with Gasteiger partial charge in [-0.2, -0.15) is 0 Å². The van der Waals surface area contributed by atoms with E-state index in [0.29, 0.717) is 5.56 Å². The molecule has 5 nitrogen and oxygen atoms in total. The maximum atomic E-state index is 12.7. The van der Waals surface area contributed by atoms with Crippen LogP contribution in [0.2, 0.25) is 0 Å². The minimum atomic E-state index is -3.67. The van der Waals surface area contributed by atoms with Gasteiger partial charge < -0.3 is 4.90 Å². The third kappa shape index (κ3) is 4.71. The smallest absolute Gasteiger partial charge is 0.253 e. The van der Waals surface area contributed by atoms with Crippen LogP contribution in [0, 0.1) is 0 Å². The summed E-state index contributed by atoms with van der Waals surface area (Å²) < 4.78 is 27.7. The first-order chi connectivity index (χ1) is 12.6. The van der Waals surface area contributed by atoms with Gasteiger partial charge >= 0.3 is 0 Å². The maximum absolute atomic E-state index is 12.7. The first kappa shape index (κ1) is 18.6. The summed E-state index contributed by atoms with van der Waals surface area (Å²) in [6.07, 6.45) is 4.29. The van der Waals surface area contributed by atoms with Crippen molar-refractivity contribution in [2.45, 2.75) is 37.1 Å². The summed E-state index contributed by atoms with van der Waals surface area (Å²) in [6.45, 7) is 1.69. The second-order valence-corrected chi connectivity index (χ2v) is 8.31. The third-order valence-corrected chi connectivity index (χ3v) is 5.99. The zero-order valence-electron chi connectivity index (χ0n) is 14.7. The molecule has 1 aliphatic rings. The minimum absolute atomic E-state index is 0.0907. The van der Waals surface area contributed by atoms with E-state index in [9.17, 15) is 13.2 Å². The molecule has 3 rings (SSSR count). The number of nitrogens with zero attached hydrogens (tertiary/aromatic N) is 1. The highest BCUT2D eigenvalue weighted by atomic mass is 32.2. The molecule has 0 unspecified atom stereocenters. The SMILES string of the molecule is O=C(c1cccc(S(=O)(=O)NCc2ccccc2)c1)N1CCCCCC1. The van der Waals surface area contributed by atoms with E-state index >= 15 is 0 Å². The van der Waals surface area contributed by atoms with E-state index in [0.717, 1.165) is 44.3 Å². The number of nitrogens with one attached hydrogen (secondary N) is 1. The van der Waals surface area contributed by atoms with Crippen molar-refractivity contribution < 1.29 is 13.2 Å². The number of rotatable bonds is 5. The monoisotopic (exact) mass is 372 g/mol. The Kier molecular flexibility index (Phi) is 6.06. The third-order valence-electron chi connectivity index (χ3n) is 4.59. The fourth-order valence-corrected chi connectivity index (χ4v) is 4.17. The van der Waals surface area contributed by atoms with Gasteiger partial charge in [-0.05, 0) is 36.6 Å². The first-order valence-electron chi connectivity index (χ1n) is 8.99. The molecule has 0 bridgehead atoms. The van der Waals surface area contributed by atoms with Crippen molar-refractivity contribution in [1.82, 2.24) is 9.62 Å². The van der Waals surface area contributed by atoms with Crippen LogP contribution in [0.25, 0.3) is 0 Å². The summed E-state index contributed by atoms with van der Waals surface area (Å²) in [5, 5.41) is 0. The van der Waals surface area contributed by atoms with Gasteiger partial charge in [0, 0.05) is 25.2 Å². The van der Waals surface area contributed by atoms with E-state index in [1.54, 1.807) is 12.1 Å². The van der Waals surface area contributed by atoms with E-state index < -0.39 is 10.0 Å². The molecule has 2 aromatic rings. The number of carbonyl (C=O) groups is 1. The molecule has 0 aliphatic carbocycles. The highest BCUT2D eigenvalue weighted by Crippen LogP contribution is 2.17. The Labute approximate surface area is 155 Å². The average molecular weight is 372 g/mol. The summed E-state index contributed by atoms with van der Waals surface area (Å²) in [7, 11) is -3.67. The van der Waals surface area contributed by atoms with E-state index in [-0.39, 0.29) is 17.3 Å². The first-order valence-corrected chi connectivity index (χ1v) is 10.5. The molecule has 2 aromatic carbocycles. The minimum Gasteiger partial charge on any atom is -0.339 e. The van der Waals surface area contributed by atoms with Crippen LogP contribution in [0.3, 0.4) is 0 Å². The lowest BCUT2D eigenvalue weighted by molar-refractivity contribution is 0.0761. The highest BCUT2D eigenvalue weighted by Gasteiger charge is 2.20. The molecule has 26 heavy (non-hydrogen) atoms. The molecule has 1 aliphatic heterocycles. The second kappa shape index (κ2) is 8.47. The van der Waals surface area contributed by atoms with Crippen LogP contribution >= 0.6 is 0 Å². The molecule has 138 valence electrons. The van der Waals surface area contributed by atoms with Crippen LogP contribution in [0.4, 0.5) is 0 Å². The van der Waals surface area contributed by atoms with Crippen LogP contribution in [-0.2, 0) is 16.6 Å². The molecular weight excluding hydrogens is 348 g/mol. The summed E-state index contributed by atoms with van der Waals surface area (Å²) in [5.41, 5.74) is 1.31. The number of amides is 1. The quantitative estimate of drug-likeness (QED) is 0.877. The van der Waals surface area contributed by atoms with E-state index in [1.807, 2.05) is 35.2 Å². The van der Waals surface area contributed by atoms with E-state index in [2.05, 4.69) is 4.72 Å². The largest absolute Gasteiger partial charge is 0.339 e. The number of sulfonamides is 1. The molecule has 6 heteroatoms. The Morgan fingerprint density at radius 3 is 2.31 bits per heavy atom.